The second kappa shape index (κ2) is 7.89. The molecule has 1 aromatic rings. The maximum atomic E-state index is 12.1. The Morgan fingerprint density at radius 1 is 1.33 bits per heavy atom. The van der Waals surface area contributed by atoms with Crippen LogP contribution >= 0.6 is 0 Å². The second-order valence-electron chi connectivity index (χ2n) is 5.43. The highest BCUT2D eigenvalue weighted by Crippen LogP contribution is 2.15. The highest BCUT2D eigenvalue weighted by atomic mass is 32.2. The molecule has 1 aliphatic rings. The first-order valence-electron chi connectivity index (χ1n) is 7.40. The Kier molecular flexibility index (Phi) is 6.17. The molecule has 1 unspecified atom stereocenters. The second-order valence-corrected chi connectivity index (χ2v) is 7.23. The van der Waals surface area contributed by atoms with Crippen LogP contribution in [0.4, 0.5) is 0 Å². The highest BCUT2D eigenvalue weighted by Gasteiger charge is 2.17. The van der Waals surface area contributed by atoms with E-state index in [9.17, 15) is 8.42 Å². The molecule has 1 aliphatic heterocycles. The van der Waals surface area contributed by atoms with Crippen LogP contribution in [-0.2, 0) is 27.1 Å². The Hall–Kier alpha value is -0.950. The van der Waals surface area contributed by atoms with Crippen LogP contribution in [0.2, 0.25) is 0 Å². The molecule has 1 aromatic carbocycles. The largest absolute Gasteiger partial charge is 0.378 e. The SMILES string of the molecule is CNCc1cccc(CS(=O)(=O)NCCC2CCCO2)c1. The molecule has 0 aliphatic carbocycles. The van der Waals surface area contributed by atoms with Gasteiger partial charge in [0.25, 0.3) is 0 Å². The van der Waals surface area contributed by atoms with Crippen LogP contribution in [-0.4, -0.2) is 34.7 Å². The number of benzene rings is 1. The molecule has 118 valence electrons. The van der Waals surface area contributed by atoms with Gasteiger partial charge in [-0.05, 0) is 37.4 Å². The Bertz CT molecular complexity index is 540. The number of rotatable bonds is 8. The summed E-state index contributed by atoms with van der Waals surface area (Å²) in [6, 6.07) is 7.65. The lowest BCUT2D eigenvalue weighted by molar-refractivity contribution is 0.105. The molecule has 1 heterocycles. The summed E-state index contributed by atoms with van der Waals surface area (Å²) in [4.78, 5) is 0. The molecule has 1 fully saturated rings. The van der Waals surface area contributed by atoms with E-state index in [1.165, 1.54) is 0 Å². The monoisotopic (exact) mass is 312 g/mol. The summed E-state index contributed by atoms with van der Waals surface area (Å²) in [5.41, 5.74) is 1.90. The van der Waals surface area contributed by atoms with Gasteiger partial charge in [0.05, 0.1) is 11.9 Å². The van der Waals surface area contributed by atoms with Crippen molar-refractivity contribution in [3.63, 3.8) is 0 Å². The molecule has 0 spiro atoms. The summed E-state index contributed by atoms with van der Waals surface area (Å²) in [6.45, 7) is 1.99. The first-order valence-corrected chi connectivity index (χ1v) is 9.05. The van der Waals surface area contributed by atoms with E-state index in [-0.39, 0.29) is 11.9 Å². The van der Waals surface area contributed by atoms with E-state index < -0.39 is 10.0 Å². The van der Waals surface area contributed by atoms with Crippen LogP contribution in [0.5, 0.6) is 0 Å². The van der Waals surface area contributed by atoms with E-state index in [1.807, 2.05) is 31.3 Å². The van der Waals surface area contributed by atoms with E-state index in [0.29, 0.717) is 6.54 Å². The van der Waals surface area contributed by atoms with Crippen LogP contribution in [0.1, 0.15) is 30.4 Å². The number of hydrogen-bond donors (Lipinski definition) is 2. The third kappa shape index (κ3) is 5.74. The third-order valence-electron chi connectivity index (χ3n) is 3.54. The fraction of sp³-hybridized carbons (Fsp3) is 0.600. The Morgan fingerprint density at radius 2 is 2.14 bits per heavy atom. The standard InChI is InChI=1S/C15H24N2O3S/c1-16-11-13-4-2-5-14(10-13)12-21(18,19)17-8-7-15-6-3-9-20-15/h2,4-5,10,15-17H,3,6-9,11-12H2,1H3. The predicted octanol–water partition coefficient (Wildman–Crippen LogP) is 1.39. The molecular formula is C15H24N2O3S. The minimum Gasteiger partial charge on any atom is -0.378 e. The van der Waals surface area contributed by atoms with Gasteiger partial charge in [0.2, 0.25) is 10.0 Å². The lowest BCUT2D eigenvalue weighted by atomic mass is 10.1. The van der Waals surface area contributed by atoms with Crippen molar-refractivity contribution in [2.75, 3.05) is 20.2 Å². The summed E-state index contributed by atoms with van der Waals surface area (Å²) < 4.78 is 32.3. The fourth-order valence-corrected chi connectivity index (χ4v) is 3.70. The van der Waals surface area contributed by atoms with Crippen molar-refractivity contribution in [1.29, 1.82) is 0 Å². The zero-order valence-corrected chi connectivity index (χ0v) is 13.3. The maximum Gasteiger partial charge on any atom is 0.215 e. The first-order chi connectivity index (χ1) is 10.1. The molecule has 6 heteroatoms. The van der Waals surface area contributed by atoms with E-state index in [4.69, 9.17) is 4.74 Å². The van der Waals surface area contributed by atoms with E-state index in [0.717, 1.165) is 43.5 Å². The molecule has 0 bridgehead atoms. The molecule has 0 radical (unpaired) electrons. The maximum absolute atomic E-state index is 12.1. The van der Waals surface area contributed by atoms with Crippen LogP contribution < -0.4 is 10.0 Å². The molecule has 1 saturated heterocycles. The Labute approximate surface area is 127 Å². The first kappa shape index (κ1) is 16.4. The van der Waals surface area contributed by atoms with Crippen molar-refractivity contribution in [2.24, 2.45) is 0 Å². The average molecular weight is 312 g/mol. The van der Waals surface area contributed by atoms with Gasteiger partial charge in [0.1, 0.15) is 0 Å². The molecule has 0 aromatic heterocycles. The summed E-state index contributed by atoms with van der Waals surface area (Å²) in [5.74, 6) is 0.0239. The molecular weight excluding hydrogens is 288 g/mol. The lowest BCUT2D eigenvalue weighted by Crippen LogP contribution is -2.28. The van der Waals surface area contributed by atoms with Gasteiger partial charge in [-0.2, -0.15) is 0 Å². The summed E-state index contributed by atoms with van der Waals surface area (Å²) in [5, 5.41) is 3.06. The van der Waals surface area contributed by atoms with Crippen molar-refractivity contribution in [3.05, 3.63) is 35.4 Å². The number of ether oxygens (including phenoxy) is 1. The van der Waals surface area contributed by atoms with Crippen molar-refractivity contribution >= 4 is 10.0 Å². The van der Waals surface area contributed by atoms with Gasteiger partial charge in [0.15, 0.2) is 0 Å². The van der Waals surface area contributed by atoms with Gasteiger partial charge >= 0.3 is 0 Å². The van der Waals surface area contributed by atoms with Crippen molar-refractivity contribution in [1.82, 2.24) is 10.0 Å². The summed E-state index contributed by atoms with van der Waals surface area (Å²) in [6.07, 6.45) is 3.08. The molecule has 2 rings (SSSR count). The Balaban J connectivity index is 1.83. The smallest absolute Gasteiger partial charge is 0.215 e. The minimum absolute atomic E-state index is 0.0239. The van der Waals surface area contributed by atoms with Crippen LogP contribution in [0.3, 0.4) is 0 Å². The topological polar surface area (TPSA) is 67.4 Å². The van der Waals surface area contributed by atoms with Gasteiger partial charge in [-0.1, -0.05) is 24.3 Å². The molecule has 2 N–H and O–H groups in total. The number of nitrogens with one attached hydrogen (secondary N) is 2. The van der Waals surface area contributed by atoms with Gasteiger partial charge in [-0.25, -0.2) is 13.1 Å². The lowest BCUT2D eigenvalue weighted by Gasteiger charge is -2.11. The molecule has 21 heavy (non-hydrogen) atoms. The fourth-order valence-electron chi connectivity index (χ4n) is 2.55. The third-order valence-corrected chi connectivity index (χ3v) is 4.90. The van der Waals surface area contributed by atoms with Gasteiger partial charge in [-0.15, -0.1) is 0 Å². The van der Waals surface area contributed by atoms with Gasteiger partial charge < -0.3 is 10.1 Å². The number of hydrogen-bond acceptors (Lipinski definition) is 4. The average Bonchev–Trinajstić information content (AvgIpc) is 2.92. The molecule has 0 saturated carbocycles. The van der Waals surface area contributed by atoms with E-state index >= 15 is 0 Å². The van der Waals surface area contributed by atoms with Crippen LogP contribution in [0.25, 0.3) is 0 Å². The predicted molar refractivity (Wildman–Crippen MR) is 83.4 cm³/mol. The summed E-state index contributed by atoms with van der Waals surface area (Å²) >= 11 is 0. The van der Waals surface area contributed by atoms with E-state index in [2.05, 4.69) is 10.0 Å². The zero-order chi connectivity index (χ0) is 15.1. The van der Waals surface area contributed by atoms with Gasteiger partial charge in [0, 0.05) is 19.7 Å². The number of sulfonamides is 1. The summed E-state index contributed by atoms with van der Waals surface area (Å²) in [7, 11) is -1.41. The van der Waals surface area contributed by atoms with Gasteiger partial charge in [-0.3, -0.25) is 0 Å². The molecule has 0 amide bonds. The van der Waals surface area contributed by atoms with Crippen molar-refractivity contribution in [2.45, 2.75) is 37.7 Å². The molecule has 5 nitrogen and oxygen atoms in total. The van der Waals surface area contributed by atoms with Crippen molar-refractivity contribution in [3.8, 4) is 0 Å². The van der Waals surface area contributed by atoms with Crippen LogP contribution in [0, 0.1) is 0 Å². The quantitative estimate of drug-likeness (QED) is 0.761. The zero-order valence-electron chi connectivity index (χ0n) is 12.5. The molecule has 1 atom stereocenters. The van der Waals surface area contributed by atoms with Crippen molar-refractivity contribution < 1.29 is 13.2 Å². The van der Waals surface area contributed by atoms with Crippen LogP contribution in [0.15, 0.2) is 24.3 Å². The Morgan fingerprint density at radius 3 is 2.86 bits per heavy atom. The van der Waals surface area contributed by atoms with E-state index in [1.54, 1.807) is 0 Å². The minimum atomic E-state index is -3.28. The highest BCUT2D eigenvalue weighted by molar-refractivity contribution is 7.88. The normalized spacial score (nSPS) is 19.0.